The number of benzene rings is 1. The van der Waals surface area contributed by atoms with Crippen LogP contribution in [-0.4, -0.2) is 29.0 Å². The Morgan fingerprint density at radius 1 is 1.07 bits per heavy atom. The lowest BCUT2D eigenvalue weighted by atomic mass is 10.1. The predicted molar refractivity (Wildman–Crippen MR) is 99.4 cm³/mol. The van der Waals surface area contributed by atoms with Crippen molar-refractivity contribution in [3.8, 4) is 28.5 Å². The largest absolute Gasteiger partial charge is 0.496 e. The minimum atomic E-state index is -0.511. The van der Waals surface area contributed by atoms with Crippen LogP contribution in [-0.2, 0) is 7.05 Å². The van der Waals surface area contributed by atoms with Crippen LogP contribution in [0.3, 0.4) is 0 Å². The Kier molecular flexibility index (Phi) is 5.16. The predicted octanol–water partition coefficient (Wildman–Crippen LogP) is 3.36. The molecule has 1 atom stereocenters. The molecule has 0 amide bonds. The van der Waals surface area contributed by atoms with Crippen molar-refractivity contribution < 1.29 is 18.6 Å². The molecule has 3 aromatic rings. The molecular formula is C19H21FN4O3. The van der Waals surface area contributed by atoms with Gasteiger partial charge in [-0.3, -0.25) is 4.68 Å². The van der Waals surface area contributed by atoms with E-state index in [1.807, 2.05) is 0 Å². The maximum atomic E-state index is 13.7. The summed E-state index contributed by atoms with van der Waals surface area (Å²) in [6, 6.07) is 6.02. The number of nitrogens with two attached hydrogens (primary N) is 1. The van der Waals surface area contributed by atoms with Crippen molar-refractivity contribution in [2.45, 2.75) is 13.0 Å². The van der Waals surface area contributed by atoms with Gasteiger partial charge in [0.25, 0.3) is 0 Å². The van der Waals surface area contributed by atoms with Crippen LogP contribution >= 0.6 is 0 Å². The molecule has 142 valence electrons. The minimum Gasteiger partial charge on any atom is -0.496 e. The molecule has 0 saturated carbocycles. The fraction of sp³-hybridized carbons (Fsp3) is 0.263. The maximum Gasteiger partial charge on any atom is 0.166 e. The van der Waals surface area contributed by atoms with E-state index in [1.165, 1.54) is 19.2 Å². The van der Waals surface area contributed by atoms with Crippen LogP contribution in [0.25, 0.3) is 11.3 Å². The number of aromatic nitrogens is 3. The SMILES string of the molecule is COc1ccc(F)cc1C(C)Oc1cc(-c2c(OC)cnn2C)cnc1N. The average Bonchev–Trinajstić information content (AvgIpc) is 3.04. The van der Waals surface area contributed by atoms with Gasteiger partial charge in [-0.2, -0.15) is 5.10 Å². The number of nitrogen functional groups attached to an aromatic ring is 1. The van der Waals surface area contributed by atoms with Gasteiger partial charge in [-0.1, -0.05) is 0 Å². The van der Waals surface area contributed by atoms with Crippen LogP contribution in [0, 0.1) is 5.82 Å². The molecule has 0 radical (unpaired) electrons. The Hall–Kier alpha value is -3.29. The third-order valence-electron chi connectivity index (χ3n) is 4.21. The minimum absolute atomic E-state index is 0.224. The molecule has 0 spiro atoms. The summed E-state index contributed by atoms with van der Waals surface area (Å²) in [5.74, 6) is 1.35. The number of methoxy groups -OCH3 is 2. The summed E-state index contributed by atoms with van der Waals surface area (Å²) in [5, 5.41) is 4.19. The van der Waals surface area contributed by atoms with Crippen molar-refractivity contribution >= 4 is 5.82 Å². The van der Waals surface area contributed by atoms with Gasteiger partial charge in [0.1, 0.15) is 23.4 Å². The van der Waals surface area contributed by atoms with Crippen LogP contribution < -0.4 is 19.9 Å². The fourth-order valence-corrected chi connectivity index (χ4v) is 2.85. The van der Waals surface area contributed by atoms with Crippen molar-refractivity contribution in [2.24, 2.45) is 7.05 Å². The van der Waals surface area contributed by atoms with Gasteiger partial charge in [0, 0.05) is 24.4 Å². The molecule has 0 saturated heterocycles. The van der Waals surface area contributed by atoms with Crippen LogP contribution in [0.4, 0.5) is 10.2 Å². The van der Waals surface area contributed by atoms with Gasteiger partial charge in [0.05, 0.1) is 20.4 Å². The summed E-state index contributed by atoms with van der Waals surface area (Å²) < 4.78 is 32.0. The van der Waals surface area contributed by atoms with Gasteiger partial charge in [-0.15, -0.1) is 0 Å². The molecule has 27 heavy (non-hydrogen) atoms. The first-order chi connectivity index (χ1) is 12.9. The number of hydrogen-bond donors (Lipinski definition) is 1. The Morgan fingerprint density at radius 2 is 1.81 bits per heavy atom. The molecule has 0 aliphatic heterocycles. The summed E-state index contributed by atoms with van der Waals surface area (Å²) in [4.78, 5) is 4.21. The van der Waals surface area contributed by atoms with E-state index in [4.69, 9.17) is 19.9 Å². The van der Waals surface area contributed by atoms with Crippen LogP contribution in [0.2, 0.25) is 0 Å². The van der Waals surface area contributed by atoms with E-state index in [1.54, 1.807) is 50.3 Å². The first kappa shape index (κ1) is 18.5. The maximum absolute atomic E-state index is 13.7. The number of rotatable bonds is 6. The molecule has 7 nitrogen and oxygen atoms in total. The zero-order chi connectivity index (χ0) is 19.6. The van der Waals surface area contributed by atoms with Gasteiger partial charge in [0.2, 0.25) is 0 Å². The number of halogens is 1. The number of pyridine rings is 1. The zero-order valence-electron chi connectivity index (χ0n) is 15.6. The highest BCUT2D eigenvalue weighted by atomic mass is 19.1. The lowest BCUT2D eigenvalue weighted by molar-refractivity contribution is 0.221. The van der Waals surface area contributed by atoms with E-state index in [0.29, 0.717) is 22.8 Å². The van der Waals surface area contributed by atoms with Crippen molar-refractivity contribution in [2.75, 3.05) is 20.0 Å². The highest BCUT2D eigenvalue weighted by Crippen LogP contribution is 2.35. The second kappa shape index (κ2) is 7.53. The monoisotopic (exact) mass is 372 g/mol. The summed E-state index contributed by atoms with van der Waals surface area (Å²) in [7, 11) is 4.89. The third kappa shape index (κ3) is 3.64. The Morgan fingerprint density at radius 3 is 2.52 bits per heavy atom. The Labute approximate surface area is 156 Å². The van der Waals surface area contributed by atoms with E-state index in [9.17, 15) is 4.39 Å². The number of anilines is 1. The number of hydrogen-bond acceptors (Lipinski definition) is 6. The number of nitrogens with zero attached hydrogens (tertiary/aromatic N) is 3. The van der Waals surface area contributed by atoms with E-state index in [-0.39, 0.29) is 11.6 Å². The Balaban J connectivity index is 1.96. The van der Waals surface area contributed by atoms with E-state index >= 15 is 0 Å². The van der Waals surface area contributed by atoms with Gasteiger partial charge < -0.3 is 19.9 Å². The van der Waals surface area contributed by atoms with Crippen molar-refractivity contribution in [3.63, 3.8) is 0 Å². The summed E-state index contributed by atoms with van der Waals surface area (Å²) in [5.41, 5.74) is 8.03. The second-order valence-corrected chi connectivity index (χ2v) is 5.94. The summed E-state index contributed by atoms with van der Waals surface area (Å²) >= 11 is 0. The van der Waals surface area contributed by atoms with Gasteiger partial charge >= 0.3 is 0 Å². The molecule has 8 heteroatoms. The summed E-state index contributed by atoms with van der Waals surface area (Å²) in [6.45, 7) is 1.79. The van der Waals surface area contributed by atoms with Crippen LogP contribution in [0.1, 0.15) is 18.6 Å². The topological polar surface area (TPSA) is 84.4 Å². The zero-order valence-corrected chi connectivity index (χ0v) is 15.6. The Bertz CT molecular complexity index is 958. The first-order valence-electron chi connectivity index (χ1n) is 8.26. The summed E-state index contributed by atoms with van der Waals surface area (Å²) in [6.07, 6.45) is 2.73. The molecule has 0 aliphatic rings. The molecule has 1 unspecified atom stereocenters. The molecule has 1 aromatic carbocycles. The van der Waals surface area contributed by atoms with Gasteiger partial charge in [-0.25, -0.2) is 9.37 Å². The highest BCUT2D eigenvalue weighted by molar-refractivity contribution is 5.69. The molecule has 0 fully saturated rings. The fourth-order valence-electron chi connectivity index (χ4n) is 2.85. The molecule has 2 N–H and O–H groups in total. The van der Waals surface area contributed by atoms with E-state index < -0.39 is 6.10 Å². The van der Waals surface area contributed by atoms with Crippen molar-refractivity contribution in [3.05, 3.63) is 48.0 Å². The number of ether oxygens (including phenoxy) is 3. The van der Waals surface area contributed by atoms with Crippen molar-refractivity contribution in [1.29, 1.82) is 0 Å². The lowest BCUT2D eigenvalue weighted by Gasteiger charge is -2.19. The third-order valence-corrected chi connectivity index (χ3v) is 4.21. The smallest absolute Gasteiger partial charge is 0.166 e. The molecule has 2 heterocycles. The van der Waals surface area contributed by atoms with E-state index in [2.05, 4.69) is 10.1 Å². The van der Waals surface area contributed by atoms with Crippen LogP contribution in [0.15, 0.2) is 36.7 Å². The standard InChI is InChI=1S/C19H21FN4O3/c1-11(14-8-13(20)5-6-15(14)25-3)27-16-7-12(9-22-19(16)21)18-17(26-4)10-23-24(18)2/h5-11H,1-4H3,(H2,21,22). The molecule has 0 bridgehead atoms. The normalized spacial score (nSPS) is 11.9. The number of aryl methyl sites for hydroxylation is 1. The van der Waals surface area contributed by atoms with Crippen molar-refractivity contribution in [1.82, 2.24) is 14.8 Å². The van der Waals surface area contributed by atoms with Crippen LogP contribution in [0.5, 0.6) is 17.2 Å². The first-order valence-corrected chi connectivity index (χ1v) is 8.26. The van der Waals surface area contributed by atoms with E-state index in [0.717, 1.165) is 11.3 Å². The molecule has 0 aliphatic carbocycles. The average molecular weight is 372 g/mol. The lowest BCUT2D eigenvalue weighted by Crippen LogP contribution is -2.08. The quantitative estimate of drug-likeness (QED) is 0.714. The highest BCUT2D eigenvalue weighted by Gasteiger charge is 2.18. The molecular weight excluding hydrogens is 351 g/mol. The van der Waals surface area contributed by atoms with Gasteiger partial charge in [-0.05, 0) is 31.2 Å². The second-order valence-electron chi connectivity index (χ2n) is 5.94. The molecule has 2 aromatic heterocycles. The molecule has 3 rings (SSSR count). The van der Waals surface area contributed by atoms with Gasteiger partial charge in [0.15, 0.2) is 17.3 Å².